The highest BCUT2D eigenvalue weighted by Crippen LogP contribution is 2.25. The number of carbonyl (C=O) groups excluding carboxylic acids is 2. The van der Waals surface area contributed by atoms with E-state index in [2.05, 4.69) is 10.6 Å². The molecule has 4 rings (SSSR count). The van der Waals surface area contributed by atoms with E-state index in [0.717, 1.165) is 6.42 Å². The van der Waals surface area contributed by atoms with Crippen molar-refractivity contribution in [3.8, 4) is 0 Å². The molecule has 1 unspecified atom stereocenters. The second kappa shape index (κ2) is 10.2. The summed E-state index contributed by atoms with van der Waals surface area (Å²) < 4.78 is 37.7. The lowest BCUT2D eigenvalue weighted by Crippen LogP contribution is -2.40. The molecule has 0 aliphatic carbocycles. The van der Waals surface area contributed by atoms with E-state index in [9.17, 15) is 18.0 Å². The van der Waals surface area contributed by atoms with Crippen LogP contribution >= 0.6 is 11.6 Å². The highest BCUT2D eigenvalue weighted by molar-refractivity contribution is 7.89. The van der Waals surface area contributed by atoms with Crippen LogP contribution in [0.4, 0.5) is 11.4 Å². The monoisotopic (exact) mass is 493 g/mol. The Bertz CT molecular complexity index is 1130. The van der Waals surface area contributed by atoms with Crippen LogP contribution in [-0.2, 0) is 24.3 Å². The van der Waals surface area contributed by atoms with Gasteiger partial charge < -0.3 is 20.1 Å². The molecule has 2 saturated heterocycles. The SMILES string of the molecule is O=C(Nc1ccc(NC(=O)C2CCCO2)cc1)c1cc(S(=O)(=O)N2CCOCC2)ccc1Cl. The first-order valence-electron chi connectivity index (χ1n) is 10.6. The van der Waals surface area contributed by atoms with E-state index in [4.69, 9.17) is 21.1 Å². The lowest BCUT2D eigenvalue weighted by Gasteiger charge is -2.26. The Morgan fingerprint density at radius 3 is 2.27 bits per heavy atom. The summed E-state index contributed by atoms with van der Waals surface area (Å²) in [6.45, 7) is 1.74. The van der Waals surface area contributed by atoms with Crippen molar-refractivity contribution in [2.75, 3.05) is 43.5 Å². The molecule has 2 amide bonds. The zero-order valence-electron chi connectivity index (χ0n) is 17.8. The summed E-state index contributed by atoms with van der Waals surface area (Å²) in [5.74, 6) is -0.746. The smallest absolute Gasteiger partial charge is 0.257 e. The molecule has 0 bridgehead atoms. The predicted molar refractivity (Wildman–Crippen MR) is 123 cm³/mol. The Kier molecular flexibility index (Phi) is 7.30. The number of carbonyl (C=O) groups is 2. The maximum Gasteiger partial charge on any atom is 0.257 e. The average molecular weight is 494 g/mol. The first-order chi connectivity index (χ1) is 15.8. The third-order valence-electron chi connectivity index (χ3n) is 5.42. The van der Waals surface area contributed by atoms with Crippen LogP contribution in [-0.4, -0.2) is 63.6 Å². The number of sulfonamides is 1. The first kappa shape index (κ1) is 23.7. The van der Waals surface area contributed by atoms with Crippen molar-refractivity contribution >= 4 is 44.8 Å². The molecular formula is C22H24ClN3O6S. The molecule has 176 valence electrons. The van der Waals surface area contributed by atoms with Gasteiger partial charge in [0, 0.05) is 31.1 Å². The Morgan fingerprint density at radius 2 is 1.64 bits per heavy atom. The minimum atomic E-state index is -3.77. The normalized spacial score (nSPS) is 19.2. The number of halogens is 1. The second-order valence-electron chi connectivity index (χ2n) is 7.68. The van der Waals surface area contributed by atoms with Crippen molar-refractivity contribution in [1.82, 2.24) is 4.31 Å². The summed E-state index contributed by atoms with van der Waals surface area (Å²) in [6, 6.07) is 10.6. The van der Waals surface area contributed by atoms with Crippen LogP contribution in [0.5, 0.6) is 0 Å². The summed E-state index contributed by atoms with van der Waals surface area (Å²) >= 11 is 6.19. The molecule has 0 saturated carbocycles. The summed E-state index contributed by atoms with van der Waals surface area (Å²) in [4.78, 5) is 25.0. The van der Waals surface area contributed by atoms with Crippen molar-refractivity contribution < 1.29 is 27.5 Å². The summed E-state index contributed by atoms with van der Waals surface area (Å²) in [7, 11) is -3.77. The maximum atomic E-state index is 12.9. The zero-order valence-corrected chi connectivity index (χ0v) is 19.3. The summed E-state index contributed by atoms with van der Waals surface area (Å²) in [5, 5.41) is 5.62. The molecule has 2 aliphatic rings. The van der Waals surface area contributed by atoms with Crippen LogP contribution in [0.1, 0.15) is 23.2 Å². The van der Waals surface area contributed by atoms with Gasteiger partial charge in [-0.2, -0.15) is 4.31 Å². The van der Waals surface area contributed by atoms with Crippen molar-refractivity contribution in [2.24, 2.45) is 0 Å². The van der Waals surface area contributed by atoms with E-state index in [0.29, 0.717) is 37.6 Å². The van der Waals surface area contributed by atoms with Crippen LogP contribution < -0.4 is 10.6 Å². The number of nitrogens with zero attached hydrogens (tertiary/aromatic N) is 1. The second-order valence-corrected chi connectivity index (χ2v) is 10.0. The maximum absolute atomic E-state index is 12.9. The molecule has 9 nitrogen and oxygen atoms in total. The molecule has 2 aliphatic heterocycles. The van der Waals surface area contributed by atoms with Crippen molar-refractivity contribution in [3.63, 3.8) is 0 Å². The molecule has 2 N–H and O–H groups in total. The van der Waals surface area contributed by atoms with E-state index in [1.54, 1.807) is 24.3 Å². The fourth-order valence-electron chi connectivity index (χ4n) is 3.62. The number of anilines is 2. The van der Waals surface area contributed by atoms with Crippen molar-refractivity contribution in [2.45, 2.75) is 23.8 Å². The molecule has 0 aromatic heterocycles. The number of nitrogens with one attached hydrogen (secondary N) is 2. The van der Waals surface area contributed by atoms with Gasteiger partial charge in [0.25, 0.3) is 11.8 Å². The first-order valence-corrected chi connectivity index (χ1v) is 12.4. The van der Waals surface area contributed by atoms with Gasteiger partial charge in [0.1, 0.15) is 6.10 Å². The van der Waals surface area contributed by atoms with E-state index in [1.165, 1.54) is 22.5 Å². The lowest BCUT2D eigenvalue weighted by atomic mass is 10.2. The third kappa shape index (κ3) is 5.53. The minimum Gasteiger partial charge on any atom is -0.379 e. The molecule has 0 radical (unpaired) electrons. The highest BCUT2D eigenvalue weighted by atomic mass is 35.5. The molecule has 1 atom stereocenters. The minimum absolute atomic E-state index is 0.00820. The molecule has 2 aromatic carbocycles. The van der Waals surface area contributed by atoms with Crippen LogP contribution in [0.15, 0.2) is 47.4 Å². The molecular weight excluding hydrogens is 470 g/mol. The molecule has 33 heavy (non-hydrogen) atoms. The number of ether oxygens (including phenoxy) is 2. The fraction of sp³-hybridized carbons (Fsp3) is 0.364. The summed E-state index contributed by atoms with van der Waals surface area (Å²) in [5.41, 5.74) is 1.08. The van der Waals surface area contributed by atoms with Gasteiger partial charge in [-0.15, -0.1) is 0 Å². The lowest BCUT2D eigenvalue weighted by molar-refractivity contribution is -0.124. The van der Waals surface area contributed by atoms with Gasteiger partial charge in [0.2, 0.25) is 10.0 Å². The molecule has 2 aromatic rings. The number of amides is 2. The number of hydrogen-bond acceptors (Lipinski definition) is 6. The van der Waals surface area contributed by atoms with E-state index < -0.39 is 22.0 Å². The van der Waals surface area contributed by atoms with Gasteiger partial charge in [-0.3, -0.25) is 9.59 Å². The molecule has 11 heteroatoms. The van der Waals surface area contributed by atoms with Gasteiger partial charge in [0.15, 0.2) is 0 Å². The van der Waals surface area contributed by atoms with Gasteiger partial charge >= 0.3 is 0 Å². The largest absolute Gasteiger partial charge is 0.379 e. The Morgan fingerprint density at radius 1 is 0.970 bits per heavy atom. The Labute approximate surface area is 197 Å². The van der Waals surface area contributed by atoms with E-state index >= 15 is 0 Å². The van der Waals surface area contributed by atoms with Gasteiger partial charge in [-0.1, -0.05) is 11.6 Å². The van der Waals surface area contributed by atoms with Crippen LogP contribution in [0.2, 0.25) is 5.02 Å². The van der Waals surface area contributed by atoms with Gasteiger partial charge in [-0.25, -0.2) is 8.42 Å². The van der Waals surface area contributed by atoms with E-state index in [-0.39, 0.29) is 34.5 Å². The standard InChI is InChI=1S/C22H24ClN3O6S/c23-19-8-7-17(33(29,30)26-9-12-31-13-10-26)14-18(19)21(27)24-15-3-5-16(6-4-15)25-22(28)20-2-1-11-32-20/h3-8,14,20H,1-2,9-13H2,(H,24,27)(H,25,28). The van der Waals surface area contributed by atoms with Gasteiger partial charge in [0.05, 0.1) is 28.7 Å². The zero-order chi connectivity index (χ0) is 23.4. The van der Waals surface area contributed by atoms with Crippen LogP contribution in [0.25, 0.3) is 0 Å². The Balaban J connectivity index is 1.44. The number of rotatable bonds is 6. The molecule has 2 heterocycles. The van der Waals surface area contributed by atoms with E-state index in [1.807, 2.05) is 0 Å². The number of benzene rings is 2. The van der Waals surface area contributed by atoms with Crippen molar-refractivity contribution in [1.29, 1.82) is 0 Å². The van der Waals surface area contributed by atoms with Crippen LogP contribution in [0.3, 0.4) is 0 Å². The highest BCUT2D eigenvalue weighted by Gasteiger charge is 2.28. The summed E-state index contributed by atoms with van der Waals surface area (Å²) in [6.07, 6.45) is 1.12. The average Bonchev–Trinajstić information content (AvgIpc) is 3.36. The predicted octanol–water partition coefficient (Wildman–Crippen LogP) is 2.73. The van der Waals surface area contributed by atoms with Crippen molar-refractivity contribution in [3.05, 3.63) is 53.1 Å². The Hall–Kier alpha value is -2.50. The number of morpholine rings is 1. The van der Waals surface area contributed by atoms with Crippen LogP contribution in [0, 0.1) is 0 Å². The molecule has 0 spiro atoms. The quantitative estimate of drug-likeness (QED) is 0.639. The molecule has 2 fully saturated rings. The topological polar surface area (TPSA) is 114 Å². The fourth-order valence-corrected chi connectivity index (χ4v) is 5.26. The third-order valence-corrected chi connectivity index (χ3v) is 7.65. The number of hydrogen-bond donors (Lipinski definition) is 2. The van der Waals surface area contributed by atoms with Gasteiger partial charge in [-0.05, 0) is 55.3 Å².